The third-order valence-electron chi connectivity index (χ3n) is 4.28. The van der Waals surface area contributed by atoms with E-state index in [1.54, 1.807) is 0 Å². The molecule has 4 nitrogen and oxygen atoms in total. The number of hydrogen-bond donors (Lipinski definition) is 0. The molecule has 1 atom stereocenters. The van der Waals surface area contributed by atoms with Gasteiger partial charge in [-0.05, 0) is 18.2 Å². The van der Waals surface area contributed by atoms with E-state index in [0.717, 1.165) is 17.7 Å². The van der Waals surface area contributed by atoms with E-state index < -0.39 is 6.29 Å². The van der Waals surface area contributed by atoms with Gasteiger partial charge in [-0.2, -0.15) is 0 Å². The van der Waals surface area contributed by atoms with Crippen LogP contribution in [0.4, 0.5) is 0 Å². The summed E-state index contributed by atoms with van der Waals surface area (Å²) in [6.45, 7) is 2.08. The van der Waals surface area contributed by atoms with Crippen molar-refractivity contribution in [1.29, 1.82) is 0 Å². The predicted molar refractivity (Wildman–Crippen MR) is 92.7 cm³/mol. The normalized spacial score (nSPS) is 18.5. The molecule has 1 fully saturated rings. The van der Waals surface area contributed by atoms with E-state index in [1.165, 1.54) is 0 Å². The van der Waals surface area contributed by atoms with Crippen LogP contribution in [0.3, 0.4) is 0 Å². The zero-order valence-corrected chi connectivity index (χ0v) is 13.9. The first-order valence-corrected chi connectivity index (χ1v) is 8.32. The molecule has 0 amide bonds. The maximum atomic E-state index is 12.5. The molecule has 4 heteroatoms. The Balaban J connectivity index is 1.71. The minimum atomic E-state index is -0.469. The summed E-state index contributed by atoms with van der Waals surface area (Å²) in [4.78, 5) is 14.6. The number of likely N-dealkylation sites (N-methyl/N-ethyl adjacent to an activating group) is 1. The zero-order valence-electron chi connectivity index (χ0n) is 13.9. The molecular formula is C20H23NO3. The van der Waals surface area contributed by atoms with Crippen molar-refractivity contribution in [2.75, 3.05) is 26.7 Å². The van der Waals surface area contributed by atoms with Crippen molar-refractivity contribution in [3.8, 4) is 0 Å². The van der Waals surface area contributed by atoms with E-state index in [0.29, 0.717) is 19.6 Å². The van der Waals surface area contributed by atoms with Crippen LogP contribution in [0, 0.1) is 0 Å². The van der Waals surface area contributed by atoms with E-state index in [-0.39, 0.29) is 11.9 Å². The zero-order chi connectivity index (χ0) is 16.8. The lowest BCUT2D eigenvalue weighted by Crippen LogP contribution is -2.42. The minimum Gasteiger partial charge on any atom is -0.434 e. The van der Waals surface area contributed by atoms with E-state index >= 15 is 0 Å². The molecule has 0 aromatic heterocycles. The molecule has 1 aliphatic heterocycles. The number of benzene rings is 2. The summed E-state index contributed by atoms with van der Waals surface area (Å²) in [6, 6.07) is 20.2. The van der Waals surface area contributed by atoms with Crippen molar-refractivity contribution in [3.63, 3.8) is 0 Å². The highest BCUT2D eigenvalue weighted by atomic mass is 16.7. The van der Waals surface area contributed by atoms with Gasteiger partial charge in [-0.25, -0.2) is 0 Å². The van der Waals surface area contributed by atoms with Crippen LogP contribution in [0.25, 0.3) is 0 Å². The van der Waals surface area contributed by atoms with Crippen LogP contribution in [-0.2, 0) is 14.3 Å². The Labute approximate surface area is 143 Å². The van der Waals surface area contributed by atoms with Crippen LogP contribution < -0.4 is 0 Å². The number of rotatable bonds is 5. The largest absolute Gasteiger partial charge is 0.434 e. The van der Waals surface area contributed by atoms with Gasteiger partial charge in [-0.1, -0.05) is 60.7 Å². The molecule has 0 spiro atoms. The molecule has 1 heterocycles. The average Bonchev–Trinajstić information content (AvgIpc) is 2.61. The Morgan fingerprint density at radius 1 is 1.12 bits per heavy atom. The molecule has 0 bridgehead atoms. The molecule has 0 aliphatic carbocycles. The van der Waals surface area contributed by atoms with Gasteiger partial charge in [0, 0.05) is 12.5 Å². The highest BCUT2D eigenvalue weighted by molar-refractivity contribution is 5.71. The molecule has 2 aromatic rings. The monoisotopic (exact) mass is 325 g/mol. The number of nitrogens with zero attached hydrogens (tertiary/aromatic N) is 1. The average molecular weight is 325 g/mol. The lowest BCUT2D eigenvalue weighted by Gasteiger charge is -2.29. The highest BCUT2D eigenvalue weighted by Gasteiger charge is 2.24. The maximum Gasteiger partial charge on any atom is 0.309 e. The Morgan fingerprint density at radius 2 is 1.71 bits per heavy atom. The number of carbonyl (C=O) groups is 1. The summed E-state index contributed by atoms with van der Waals surface area (Å²) in [5, 5.41) is 0. The predicted octanol–water partition coefficient (Wildman–Crippen LogP) is 3.04. The second-order valence-electron chi connectivity index (χ2n) is 6.13. The number of morpholine rings is 1. The third kappa shape index (κ3) is 4.43. The van der Waals surface area contributed by atoms with Gasteiger partial charge in [-0.3, -0.25) is 9.69 Å². The van der Waals surface area contributed by atoms with Crippen molar-refractivity contribution < 1.29 is 14.3 Å². The van der Waals surface area contributed by atoms with Gasteiger partial charge >= 0.3 is 5.97 Å². The molecule has 1 unspecified atom stereocenters. The topological polar surface area (TPSA) is 38.8 Å². The maximum absolute atomic E-state index is 12.5. The molecule has 2 aromatic carbocycles. The van der Waals surface area contributed by atoms with E-state index in [4.69, 9.17) is 9.47 Å². The van der Waals surface area contributed by atoms with Gasteiger partial charge in [0.2, 0.25) is 6.29 Å². The van der Waals surface area contributed by atoms with Crippen molar-refractivity contribution in [3.05, 3.63) is 71.8 Å². The van der Waals surface area contributed by atoms with Crippen molar-refractivity contribution in [1.82, 2.24) is 4.90 Å². The number of esters is 1. The van der Waals surface area contributed by atoms with Gasteiger partial charge in [0.15, 0.2) is 0 Å². The van der Waals surface area contributed by atoms with Crippen molar-refractivity contribution in [2.24, 2.45) is 0 Å². The number of ether oxygens (including phenoxy) is 2. The summed E-state index contributed by atoms with van der Waals surface area (Å²) in [6.07, 6.45) is -0.166. The lowest BCUT2D eigenvalue weighted by molar-refractivity contribution is -0.192. The number of carbonyl (C=O) groups excluding carboxylic acids is 1. The van der Waals surface area contributed by atoms with Crippen molar-refractivity contribution >= 4 is 5.97 Å². The summed E-state index contributed by atoms with van der Waals surface area (Å²) in [5.74, 6) is -0.241. The Bertz CT molecular complexity index is 605. The summed E-state index contributed by atoms with van der Waals surface area (Å²) in [7, 11) is 2.00. The van der Waals surface area contributed by atoms with Crippen LogP contribution >= 0.6 is 0 Å². The molecule has 1 aliphatic rings. The molecular weight excluding hydrogens is 302 g/mol. The second kappa shape index (κ2) is 8.08. The van der Waals surface area contributed by atoms with Gasteiger partial charge in [-0.15, -0.1) is 0 Å². The first-order valence-electron chi connectivity index (χ1n) is 8.32. The fourth-order valence-electron chi connectivity index (χ4n) is 2.97. The second-order valence-corrected chi connectivity index (χ2v) is 6.13. The van der Waals surface area contributed by atoms with Gasteiger partial charge in [0.1, 0.15) is 0 Å². The van der Waals surface area contributed by atoms with Crippen LogP contribution in [-0.4, -0.2) is 43.9 Å². The van der Waals surface area contributed by atoms with E-state index in [2.05, 4.69) is 29.2 Å². The highest BCUT2D eigenvalue weighted by Crippen LogP contribution is 2.28. The summed E-state index contributed by atoms with van der Waals surface area (Å²) < 4.78 is 11.1. The van der Waals surface area contributed by atoms with Crippen molar-refractivity contribution in [2.45, 2.75) is 18.6 Å². The van der Waals surface area contributed by atoms with Gasteiger partial charge in [0.25, 0.3) is 0 Å². The fourth-order valence-corrected chi connectivity index (χ4v) is 2.97. The molecule has 126 valence electrons. The molecule has 24 heavy (non-hydrogen) atoms. The van der Waals surface area contributed by atoms with Gasteiger partial charge < -0.3 is 9.47 Å². The molecule has 0 radical (unpaired) electrons. The Kier molecular flexibility index (Phi) is 5.62. The lowest BCUT2D eigenvalue weighted by atomic mass is 9.89. The molecule has 1 saturated heterocycles. The minimum absolute atomic E-state index is 0.0128. The quantitative estimate of drug-likeness (QED) is 0.792. The Hall–Kier alpha value is -2.17. The first kappa shape index (κ1) is 16.7. The van der Waals surface area contributed by atoms with E-state index in [9.17, 15) is 4.79 Å². The fraction of sp³-hybridized carbons (Fsp3) is 0.350. The third-order valence-corrected chi connectivity index (χ3v) is 4.28. The molecule has 0 saturated carbocycles. The van der Waals surface area contributed by atoms with Crippen LogP contribution in [0.5, 0.6) is 0 Å². The standard InChI is InChI=1S/C20H23NO3/c1-21-12-13-23-20(15-21)24-19(22)14-18(16-8-4-2-5-9-16)17-10-6-3-7-11-17/h2-11,18,20H,12-15H2,1H3. The summed E-state index contributed by atoms with van der Waals surface area (Å²) in [5.41, 5.74) is 2.23. The molecule has 0 N–H and O–H groups in total. The number of hydrogen-bond acceptors (Lipinski definition) is 4. The summed E-state index contributed by atoms with van der Waals surface area (Å²) >= 11 is 0. The SMILES string of the molecule is CN1CCOC(OC(=O)CC(c2ccccc2)c2ccccc2)C1. The molecule has 3 rings (SSSR count). The van der Waals surface area contributed by atoms with Gasteiger partial charge in [0.05, 0.1) is 19.6 Å². The van der Waals surface area contributed by atoms with Crippen LogP contribution in [0.2, 0.25) is 0 Å². The smallest absolute Gasteiger partial charge is 0.309 e. The van der Waals surface area contributed by atoms with E-state index in [1.807, 2.05) is 43.4 Å². The van der Waals surface area contributed by atoms with Crippen LogP contribution in [0.1, 0.15) is 23.5 Å². The Morgan fingerprint density at radius 3 is 2.25 bits per heavy atom. The van der Waals surface area contributed by atoms with Crippen LogP contribution in [0.15, 0.2) is 60.7 Å². The first-order chi connectivity index (χ1) is 11.7.